The van der Waals surface area contributed by atoms with Gasteiger partial charge in [0, 0.05) is 26.6 Å². The molecule has 2 amide bonds. The number of nitrogens with one attached hydrogen (secondary N) is 2. The number of aromatic nitrogens is 1. The lowest BCUT2D eigenvalue weighted by molar-refractivity contribution is -0.129. The van der Waals surface area contributed by atoms with Crippen molar-refractivity contribution in [1.82, 2.24) is 15.2 Å². The first-order valence-corrected chi connectivity index (χ1v) is 13.5. The Labute approximate surface area is 223 Å². The molecule has 0 aliphatic carbocycles. The van der Waals surface area contributed by atoms with Crippen molar-refractivity contribution in [2.45, 2.75) is 26.2 Å². The lowest BCUT2D eigenvalue weighted by Gasteiger charge is -2.17. The quantitative estimate of drug-likeness (QED) is 0.275. The lowest BCUT2D eigenvalue weighted by Crippen LogP contribution is -2.27. The Bertz CT molecular complexity index is 925. The minimum Gasteiger partial charge on any atom is -0.491 e. The van der Waals surface area contributed by atoms with Crippen LogP contribution >= 0.6 is 79.6 Å². The monoisotopic (exact) mass is 747 g/mol. The fraction of sp³-hybridized carbons (Fsp3) is 0.400. The molecule has 1 heterocycles. The van der Waals surface area contributed by atoms with Crippen LogP contribution < -0.4 is 10.1 Å². The molecule has 0 bridgehead atoms. The summed E-state index contributed by atoms with van der Waals surface area (Å²) < 4.78 is 9.72. The second-order valence-corrected chi connectivity index (χ2v) is 10.8. The number of hydrogen-bond acceptors (Lipinski definition) is 3. The number of hydrogen-bond donors (Lipinski definition) is 2. The molecule has 2 N–H and O–H groups in total. The molecule has 170 valence electrons. The topological polar surface area (TPSA) is 74.4 Å². The summed E-state index contributed by atoms with van der Waals surface area (Å²) in [5, 5.41) is 2.87. The van der Waals surface area contributed by atoms with Crippen molar-refractivity contribution in [3.63, 3.8) is 0 Å². The predicted octanol–water partition coefficient (Wildman–Crippen LogP) is 6.44. The van der Waals surface area contributed by atoms with E-state index >= 15 is 0 Å². The summed E-state index contributed by atoms with van der Waals surface area (Å²) in [6, 6.07) is 4.01. The van der Waals surface area contributed by atoms with E-state index in [2.05, 4.69) is 90.0 Å². The number of H-pyrrole nitrogens is 1. The van der Waals surface area contributed by atoms with E-state index in [1.807, 2.05) is 26.1 Å². The Morgan fingerprint density at radius 2 is 1.74 bits per heavy atom. The van der Waals surface area contributed by atoms with Gasteiger partial charge in [0.05, 0.1) is 29.1 Å². The van der Waals surface area contributed by atoms with Crippen LogP contribution in [0.25, 0.3) is 0 Å². The standard InChI is InChI=1S/C20H22Br5N3O3/c1-3-14(29)28(2)7-5-11-9-12(21)18(13(22)10-11)31-8-4-6-26-20(30)17-15(23)16(24)19(25)27-17/h9-10,27H,3-8H2,1-2H3,(H,26,30). The van der Waals surface area contributed by atoms with Gasteiger partial charge >= 0.3 is 0 Å². The number of likely N-dealkylation sites (N-methyl/N-ethyl adjacent to an activating group) is 1. The van der Waals surface area contributed by atoms with Gasteiger partial charge in [0.25, 0.3) is 5.91 Å². The van der Waals surface area contributed by atoms with Crippen molar-refractivity contribution in [1.29, 1.82) is 0 Å². The first kappa shape index (κ1) is 26.9. The maximum Gasteiger partial charge on any atom is 0.268 e. The summed E-state index contributed by atoms with van der Waals surface area (Å²) in [6.07, 6.45) is 1.91. The summed E-state index contributed by atoms with van der Waals surface area (Å²) in [7, 11) is 1.82. The van der Waals surface area contributed by atoms with E-state index in [4.69, 9.17) is 4.74 Å². The molecule has 1 aromatic carbocycles. The zero-order chi connectivity index (χ0) is 23.1. The van der Waals surface area contributed by atoms with Crippen LogP contribution in [0.2, 0.25) is 0 Å². The predicted molar refractivity (Wildman–Crippen MR) is 140 cm³/mol. The van der Waals surface area contributed by atoms with Crippen LogP contribution in [0.1, 0.15) is 35.8 Å². The number of rotatable bonds is 10. The highest BCUT2D eigenvalue weighted by Gasteiger charge is 2.17. The molecule has 11 heteroatoms. The molecule has 0 saturated heterocycles. The Kier molecular flexibility index (Phi) is 11.1. The molecule has 0 unspecified atom stereocenters. The minimum absolute atomic E-state index is 0.133. The van der Waals surface area contributed by atoms with Crippen molar-refractivity contribution in [3.8, 4) is 5.75 Å². The molecular formula is C20H22Br5N3O3. The van der Waals surface area contributed by atoms with E-state index in [1.165, 1.54) is 0 Å². The second kappa shape index (κ2) is 12.8. The van der Waals surface area contributed by atoms with Gasteiger partial charge in [-0.3, -0.25) is 9.59 Å². The normalized spacial score (nSPS) is 10.8. The Morgan fingerprint density at radius 1 is 1.10 bits per heavy atom. The summed E-state index contributed by atoms with van der Waals surface area (Å²) in [5.74, 6) is 0.651. The van der Waals surface area contributed by atoms with E-state index in [-0.39, 0.29) is 11.8 Å². The summed E-state index contributed by atoms with van der Waals surface area (Å²) in [6.45, 7) is 3.45. The smallest absolute Gasteiger partial charge is 0.268 e. The molecule has 0 saturated carbocycles. The fourth-order valence-electron chi connectivity index (χ4n) is 2.70. The maximum atomic E-state index is 12.3. The number of benzene rings is 1. The Morgan fingerprint density at radius 3 is 2.29 bits per heavy atom. The van der Waals surface area contributed by atoms with E-state index in [0.29, 0.717) is 53.1 Å². The number of amides is 2. The molecule has 0 aliphatic heterocycles. The molecule has 1 aromatic heterocycles. The third-order valence-corrected chi connectivity index (χ3v) is 8.86. The number of halogens is 5. The highest BCUT2D eigenvalue weighted by molar-refractivity contribution is 9.14. The van der Waals surface area contributed by atoms with Crippen LogP contribution in [0, 0.1) is 0 Å². The molecule has 0 atom stereocenters. The van der Waals surface area contributed by atoms with Gasteiger partial charge in [-0.15, -0.1) is 0 Å². The van der Waals surface area contributed by atoms with Crippen LogP contribution in [-0.2, 0) is 11.2 Å². The molecule has 0 fully saturated rings. The summed E-state index contributed by atoms with van der Waals surface area (Å²) >= 11 is 17.2. The molecule has 0 spiro atoms. The van der Waals surface area contributed by atoms with Crippen LogP contribution in [0.5, 0.6) is 5.75 Å². The third-order valence-electron chi connectivity index (χ3n) is 4.44. The van der Waals surface area contributed by atoms with Crippen LogP contribution in [0.4, 0.5) is 0 Å². The van der Waals surface area contributed by atoms with Gasteiger partial charge in [0.2, 0.25) is 5.91 Å². The van der Waals surface area contributed by atoms with Crippen LogP contribution in [0.15, 0.2) is 34.6 Å². The fourth-order valence-corrected chi connectivity index (χ4v) is 5.65. The van der Waals surface area contributed by atoms with Gasteiger partial charge in [-0.1, -0.05) is 6.92 Å². The first-order chi connectivity index (χ1) is 14.6. The average molecular weight is 752 g/mol. The number of carbonyl (C=O) groups excluding carboxylic acids is 2. The Hall–Kier alpha value is -0.360. The minimum atomic E-state index is -0.198. The van der Waals surface area contributed by atoms with E-state index in [1.54, 1.807) is 4.90 Å². The molecule has 6 nitrogen and oxygen atoms in total. The second-order valence-electron chi connectivity index (χ2n) is 6.71. The molecule has 31 heavy (non-hydrogen) atoms. The van der Waals surface area contributed by atoms with Crippen molar-refractivity contribution in [2.24, 2.45) is 0 Å². The number of nitrogens with zero attached hydrogens (tertiary/aromatic N) is 1. The van der Waals surface area contributed by atoms with Gasteiger partial charge in [0.1, 0.15) is 11.4 Å². The molecule has 2 rings (SSSR count). The van der Waals surface area contributed by atoms with E-state index < -0.39 is 0 Å². The lowest BCUT2D eigenvalue weighted by atomic mass is 10.1. The highest BCUT2D eigenvalue weighted by Crippen LogP contribution is 2.35. The summed E-state index contributed by atoms with van der Waals surface area (Å²) in [5.41, 5.74) is 1.55. The zero-order valence-electron chi connectivity index (χ0n) is 17.0. The van der Waals surface area contributed by atoms with Gasteiger partial charge in [0.15, 0.2) is 0 Å². The number of ether oxygens (including phenoxy) is 1. The van der Waals surface area contributed by atoms with Crippen molar-refractivity contribution < 1.29 is 14.3 Å². The van der Waals surface area contributed by atoms with Gasteiger partial charge < -0.3 is 19.9 Å². The van der Waals surface area contributed by atoms with Crippen molar-refractivity contribution >= 4 is 91.5 Å². The van der Waals surface area contributed by atoms with Crippen molar-refractivity contribution in [2.75, 3.05) is 26.7 Å². The molecule has 0 aliphatic rings. The number of carbonyl (C=O) groups is 2. The first-order valence-electron chi connectivity index (χ1n) is 9.51. The largest absolute Gasteiger partial charge is 0.491 e. The van der Waals surface area contributed by atoms with E-state index in [9.17, 15) is 9.59 Å². The average Bonchev–Trinajstić information content (AvgIpc) is 2.99. The maximum absolute atomic E-state index is 12.3. The number of aromatic amines is 1. The third kappa shape index (κ3) is 7.58. The van der Waals surface area contributed by atoms with Crippen LogP contribution in [-0.4, -0.2) is 48.4 Å². The van der Waals surface area contributed by atoms with Gasteiger partial charge in [-0.2, -0.15) is 0 Å². The molecular weight excluding hydrogens is 730 g/mol. The molecule has 0 radical (unpaired) electrons. The zero-order valence-corrected chi connectivity index (χ0v) is 24.9. The SMILES string of the molecule is CCC(=O)N(C)CCc1cc(Br)c(OCCCNC(=O)c2[nH]c(Br)c(Br)c2Br)c(Br)c1. The van der Waals surface area contributed by atoms with Crippen molar-refractivity contribution in [3.05, 3.63) is 45.9 Å². The van der Waals surface area contributed by atoms with Gasteiger partial charge in [-0.05, 0) is 110 Å². The Balaban J connectivity index is 1.82. The summed E-state index contributed by atoms with van der Waals surface area (Å²) in [4.78, 5) is 28.7. The molecule has 2 aromatic rings. The van der Waals surface area contributed by atoms with Crippen LogP contribution in [0.3, 0.4) is 0 Å². The highest BCUT2D eigenvalue weighted by atomic mass is 79.9. The van der Waals surface area contributed by atoms with E-state index in [0.717, 1.165) is 25.4 Å². The van der Waals surface area contributed by atoms with Gasteiger partial charge in [-0.25, -0.2) is 0 Å².